The lowest BCUT2D eigenvalue weighted by Crippen LogP contribution is -2.30. The van der Waals surface area contributed by atoms with Crippen LogP contribution in [0.2, 0.25) is 5.02 Å². The van der Waals surface area contributed by atoms with E-state index in [0.29, 0.717) is 18.1 Å². The van der Waals surface area contributed by atoms with E-state index < -0.39 is 0 Å². The zero-order valence-corrected chi connectivity index (χ0v) is 12.1. The van der Waals surface area contributed by atoms with Crippen molar-refractivity contribution in [2.45, 2.75) is 12.6 Å². The maximum absolute atomic E-state index is 12.9. The maximum Gasteiger partial charge on any atom is 0.123 e. The minimum Gasteiger partial charge on any atom is -0.329 e. The number of benzene rings is 2. The third kappa shape index (κ3) is 3.79. The lowest BCUT2D eigenvalue weighted by atomic mass is 10.1. The largest absolute Gasteiger partial charge is 0.329 e. The van der Waals surface area contributed by atoms with Crippen LogP contribution < -0.4 is 5.73 Å². The summed E-state index contributed by atoms with van der Waals surface area (Å²) in [7, 11) is 2.01. The molecule has 4 heteroatoms. The molecule has 0 aliphatic heterocycles. The molecule has 2 aromatic carbocycles. The smallest absolute Gasteiger partial charge is 0.123 e. The van der Waals surface area contributed by atoms with Crippen LogP contribution in [0.4, 0.5) is 4.39 Å². The second kappa shape index (κ2) is 6.84. The molecule has 0 fully saturated rings. The van der Waals surface area contributed by atoms with E-state index in [9.17, 15) is 4.39 Å². The molecule has 0 spiro atoms. The van der Waals surface area contributed by atoms with Crippen LogP contribution in [-0.2, 0) is 6.54 Å². The summed E-state index contributed by atoms with van der Waals surface area (Å²) < 4.78 is 12.9. The van der Waals surface area contributed by atoms with Gasteiger partial charge in [-0.2, -0.15) is 0 Å². The molecule has 0 aliphatic carbocycles. The SMILES string of the molecule is CN(Cc1ccc(F)cc1)C(CN)c1ccc(Cl)cc1. The molecule has 0 saturated carbocycles. The molecular formula is C16H18ClFN2. The Labute approximate surface area is 124 Å². The number of nitrogens with two attached hydrogens (primary N) is 1. The minimum absolute atomic E-state index is 0.109. The lowest BCUT2D eigenvalue weighted by Gasteiger charge is -2.27. The Morgan fingerprint density at radius 3 is 2.25 bits per heavy atom. The number of hydrogen-bond acceptors (Lipinski definition) is 2. The quantitative estimate of drug-likeness (QED) is 0.912. The van der Waals surface area contributed by atoms with Gasteiger partial charge in [0.1, 0.15) is 5.82 Å². The molecule has 0 saturated heterocycles. The van der Waals surface area contributed by atoms with Gasteiger partial charge in [-0.15, -0.1) is 0 Å². The third-order valence-corrected chi connectivity index (χ3v) is 3.61. The summed E-state index contributed by atoms with van der Waals surface area (Å²) in [6.07, 6.45) is 0. The van der Waals surface area contributed by atoms with Crippen LogP contribution >= 0.6 is 11.6 Å². The highest BCUT2D eigenvalue weighted by Crippen LogP contribution is 2.22. The van der Waals surface area contributed by atoms with E-state index >= 15 is 0 Å². The first-order valence-electron chi connectivity index (χ1n) is 6.50. The summed E-state index contributed by atoms with van der Waals surface area (Å²) in [5.74, 6) is -0.218. The van der Waals surface area contributed by atoms with Crippen LogP contribution in [0.15, 0.2) is 48.5 Å². The molecule has 2 nitrogen and oxygen atoms in total. The highest BCUT2D eigenvalue weighted by atomic mass is 35.5. The van der Waals surface area contributed by atoms with Gasteiger partial charge in [0.15, 0.2) is 0 Å². The molecule has 0 radical (unpaired) electrons. The van der Waals surface area contributed by atoms with E-state index in [4.69, 9.17) is 17.3 Å². The molecule has 0 heterocycles. The van der Waals surface area contributed by atoms with Crippen molar-refractivity contribution in [2.24, 2.45) is 5.73 Å². The van der Waals surface area contributed by atoms with Crippen molar-refractivity contribution < 1.29 is 4.39 Å². The van der Waals surface area contributed by atoms with Gasteiger partial charge in [-0.25, -0.2) is 4.39 Å². The molecule has 0 amide bonds. The number of halogens is 2. The van der Waals surface area contributed by atoms with Crippen molar-refractivity contribution in [3.63, 3.8) is 0 Å². The van der Waals surface area contributed by atoms with Gasteiger partial charge >= 0.3 is 0 Å². The predicted octanol–water partition coefficient (Wildman–Crippen LogP) is 3.61. The van der Waals surface area contributed by atoms with Crippen LogP contribution in [0, 0.1) is 5.82 Å². The van der Waals surface area contributed by atoms with Crippen molar-refractivity contribution in [3.8, 4) is 0 Å². The molecule has 0 aromatic heterocycles. The molecule has 20 heavy (non-hydrogen) atoms. The maximum atomic E-state index is 12.9. The minimum atomic E-state index is -0.218. The van der Waals surface area contributed by atoms with Crippen LogP contribution in [0.5, 0.6) is 0 Å². The molecule has 1 unspecified atom stereocenters. The lowest BCUT2D eigenvalue weighted by molar-refractivity contribution is 0.242. The standard InChI is InChI=1S/C16H18ClFN2/c1-20(11-12-2-8-15(18)9-3-12)16(10-19)13-4-6-14(17)7-5-13/h2-9,16H,10-11,19H2,1H3. The Morgan fingerprint density at radius 2 is 1.70 bits per heavy atom. The van der Waals surface area contributed by atoms with Crippen LogP contribution in [0.3, 0.4) is 0 Å². The van der Waals surface area contributed by atoms with E-state index in [0.717, 1.165) is 11.1 Å². The fourth-order valence-electron chi connectivity index (χ4n) is 2.24. The highest BCUT2D eigenvalue weighted by molar-refractivity contribution is 6.30. The molecule has 1 atom stereocenters. The zero-order valence-electron chi connectivity index (χ0n) is 11.4. The summed E-state index contributed by atoms with van der Waals surface area (Å²) in [5, 5.41) is 0.714. The number of rotatable bonds is 5. The molecular weight excluding hydrogens is 275 g/mol. The van der Waals surface area contributed by atoms with Crippen LogP contribution in [0.1, 0.15) is 17.2 Å². The number of hydrogen-bond donors (Lipinski definition) is 1. The molecule has 2 N–H and O–H groups in total. The van der Waals surface area contributed by atoms with Gasteiger partial charge < -0.3 is 5.73 Å². The predicted molar refractivity (Wildman–Crippen MR) is 81.1 cm³/mol. The second-order valence-electron chi connectivity index (χ2n) is 4.84. The fourth-order valence-corrected chi connectivity index (χ4v) is 2.37. The summed E-state index contributed by atoms with van der Waals surface area (Å²) >= 11 is 5.90. The molecule has 2 aromatic rings. The molecule has 2 rings (SSSR count). The summed E-state index contributed by atoms with van der Waals surface area (Å²) in [4.78, 5) is 2.15. The van der Waals surface area contributed by atoms with Gasteiger partial charge in [-0.3, -0.25) is 4.90 Å². The monoisotopic (exact) mass is 292 g/mol. The van der Waals surface area contributed by atoms with E-state index in [-0.39, 0.29) is 11.9 Å². The topological polar surface area (TPSA) is 29.3 Å². The average molecular weight is 293 g/mol. The van der Waals surface area contributed by atoms with Gasteiger partial charge in [0.05, 0.1) is 0 Å². The van der Waals surface area contributed by atoms with Gasteiger partial charge in [0.2, 0.25) is 0 Å². The Morgan fingerprint density at radius 1 is 1.10 bits per heavy atom. The molecule has 0 bridgehead atoms. The summed E-state index contributed by atoms with van der Waals surface area (Å²) in [6, 6.07) is 14.4. The van der Waals surface area contributed by atoms with Crippen molar-refractivity contribution >= 4 is 11.6 Å². The first-order chi connectivity index (χ1) is 9.60. The van der Waals surface area contributed by atoms with E-state index in [1.807, 2.05) is 31.3 Å². The summed E-state index contributed by atoms with van der Waals surface area (Å²) in [6.45, 7) is 1.23. The van der Waals surface area contributed by atoms with Gasteiger partial charge in [0.25, 0.3) is 0 Å². The first-order valence-corrected chi connectivity index (χ1v) is 6.88. The normalized spacial score (nSPS) is 12.7. The Balaban J connectivity index is 2.10. The number of nitrogens with zero attached hydrogens (tertiary/aromatic N) is 1. The van der Waals surface area contributed by atoms with Crippen molar-refractivity contribution in [2.75, 3.05) is 13.6 Å². The Hall–Kier alpha value is -1.42. The second-order valence-corrected chi connectivity index (χ2v) is 5.28. The fraction of sp³-hybridized carbons (Fsp3) is 0.250. The van der Waals surface area contributed by atoms with E-state index in [1.165, 1.54) is 12.1 Å². The Kier molecular flexibility index (Phi) is 5.12. The van der Waals surface area contributed by atoms with Gasteiger partial charge in [-0.05, 0) is 42.4 Å². The van der Waals surface area contributed by atoms with Crippen molar-refractivity contribution in [3.05, 3.63) is 70.5 Å². The van der Waals surface area contributed by atoms with Crippen molar-refractivity contribution in [1.82, 2.24) is 4.90 Å². The van der Waals surface area contributed by atoms with Crippen LogP contribution in [0.25, 0.3) is 0 Å². The van der Waals surface area contributed by atoms with Gasteiger partial charge in [0, 0.05) is 24.2 Å². The Bertz CT molecular complexity index is 539. The molecule has 106 valence electrons. The highest BCUT2D eigenvalue weighted by Gasteiger charge is 2.15. The first kappa shape index (κ1) is 15.0. The average Bonchev–Trinajstić information content (AvgIpc) is 2.44. The number of likely N-dealkylation sites (N-methyl/N-ethyl adjacent to an activating group) is 1. The van der Waals surface area contributed by atoms with E-state index in [1.54, 1.807) is 12.1 Å². The zero-order chi connectivity index (χ0) is 14.5. The van der Waals surface area contributed by atoms with Crippen molar-refractivity contribution in [1.29, 1.82) is 0 Å². The van der Waals surface area contributed by atoms with E-state index in [2.05, 4.69) is 4.90 Å². The summed E-state index contributed by atoms with van der Waals surface area (Å²) in [5.41, 5.74) is 8.07. The molecule has 0 aliphatic rings. The van der Waals surface area contributed by atoms with Gasteiger partial charge in [-0.1, -0.05) is 35.9 Å². The van der Waals surface area contributed by atoms with Crippen LogP contribution in [-0.4, -0.2) is 18.5 Å². The third-order valence-electron chi connectivity index (χ3n) is 3.36.